The molecule has 3 aromatic carbocycles. The maximum Gasteiger partial charge on any atom is 0.186 e. The summed E-state index contributed by atoms with van der Waals surface area (Å²) in [6.45, 7) is 4.04. The van der Waals surface area contributed by atoms with Crippen molar-refractivity contribution in [3.05, 3.63) is 82.9 Å². The van der Waals surface area contributed by atoms with Crippen LogP contribution in [-0.4, -0.2) is 13.2 Å². The first-order chi connectivity index (χ1) is 16.4. The van der Waals surface area contributed by atoms with Crippen LogP contribution in [0.3, 0.4) is 0 Å². The molecule has 0 aliphatic carbocycles. The first-order valence-electron chi connectivity index (χ1n) is 11.1. The zero-order valence-corrected chi connectivity index (χ0v) is 18.9. The van der Waals surface area contributed by atoms with Gasteiger partial charge in [-0.25, -0.2) is 17.6 Å². The van der Waals surface area contributed by atoms with Gasteiger partial charge in [0.15, 0.2) is 29.6 Å². The molecule has 34 heavy (non-hydrogen) atoms. The molecule has 1 fully saturated rings. The molecule has 1 aliphatic rings. The molecule has 0 amide bonds. The van der Waals surface area contributed by atoms with Crippen LogP contribution in [-0.2, 0) is 9.47 Å². The molecule has 0 saturated carbocycles. The van der Waals surface area contributed by atoms with Crippen molar-refractivity contribution in [2.45, 2.75) is 33.0 Å². The zero-order valence-electron chi connectivity index (χ0n) is 18.9. The van der Waals surface area contributed by atoms with Crippen molar-refractivity contribution >= 4 is 0 Å². The molecule has 0 bridgehead atoms. The average Bonchev–Trinajstić information content (AvgIpc) is 2.85. The van der Waals surface area contributed by atoms with Gasteiger partial charge in [-0.2, -0.15) is 0 Å². The topological polar surface area (TPSA) is 18.5 Å². The van der Waals surface area contributed by atoms with Crippen molar-refractivity contribution in [2.75, 3.05) is 13.2 Å². The van der Waals surface area contributed by atoms with Crippen LogP contribution < -0.4 is 0 Å². The predicted octanol–water partition coefficient (Wildman–Crippen LogP) is 7.35. The van der Waals surface area contributed by atoms with Crippen LogP contribution in [0.15, 0.2) is 48.5 Å². The molecule has 0 N–H and O–H groups in total. The number of benzene rings is 3. The van der Waals surface area contributed by atoms with Crippen LogP contribution in [0.2, 0.25) is 0 Å². The number of ether oxygens (including phenoxy) is 2. The van der Waals surface area contributed by atoms with Gasteiger partial charge >= 0.3 is 0 Å². The maximum atomic E-state index is 15.0. The summed E-state index contributed by atoms with van der Waals surface area (Å²) >= 11 is 0. The number of hydrogen-bond acceptors (Lipinski definition) is 2. The zero-order chi connectivity index (χ0) is 24.2. The van der Waals surface area contributed by atoms with Crippen LogP contribution >= 0.6 is 0 Å². The first-order valence-corrected chi connectivity index (χ1v) is 11.1. The van der Waals surface area contributed by atoms with Crippen LogP contribution in [0.4, 0.5) is 17.6 Å². The third-order valence-electron chi connectivity index (χ3n) is 5.97. The fraction of sp³-hybridized carbons (Fsp3) is 0.286. The van der Waals surface area contributed by atoms with Gasteiger partial charge in [-0.1, -0.05) is 48.5 Å². The molecule has 3 aromatic rings. The predicted molar refractivity (Wildman–Crippen MR) is 123 cm³/mol. The lowest BCUT2D eigenvalue weighted by atomic mass is 9.97. The molecule has 0 aromatic heterocycles. The lowest BCUT2D eigenvalue weighted by Crippen LogP contribution is -2.27. The van der Waals surface area contributed by atoms with Gasteiger partial charge in [0.2, 0.25) is 0 Å². The Balaban J connectivity index is 1.51. The van der Waals surface area contributed by atoms with Gasteiger partial charge in [0.1, 0.15) is 0 Å². The van der Waals surface area contributed by atoms with Crippen molar-refractivity contribution in [1.82, 2.24) is 0 Å². The molecule has 176 valence electrons. The minimum absolute atomic E-state index is 0.00173. The van der Waals surface area contributed by atoms with E-state index >= 15 is 0 Å². The van der Waals surface area contributed by atoms with Gasteiger partial charge < -0.3 is 9.47 Å². The van der Waals surface area contributed by atoms with E-state index in [0.717, 1.165) is 12.8 Å². The van der Waals surface area contributed by atoms with Gasteiger partial charge in [-0.15, -0.1) is 11.8 Å². The Morgan fingerprint density at radius 1 is 0.765 bits per heavy atom. The summed E-state index contributed by atoms with van der Waals surface area (Å²) in [4.78, 5) is 0. The van der Waals surface area contributed by atoms with E-state index in [-0.39, 0.29) is 28.2 Å². The Labute approximate surface area is 196 Å². The summed E-state index contributed by atoms with van der Waals surface area (Å²) in [5.74, 6) is 2.09. The highest BCUT2D eigenvalue weighted by Crippen LogP contribution is 2.34. The quantitative estimate of drug-likeness (QED) is 0.288. The Bertz CT molecular complexity index is 1230. The normalized spacial score (nSPS) is 17.8. The third kappa shape index (κ3) is 4.86. The highest BCUT2D eigenvalue weighted by molar-refractivity contribution is 5.71. The van der Waals surface area contributed by atoms with Crippen molar-refractivity contribution in [1.29, 1.82) is 0 Å². The number of aryl methyl sites for hydroxylation is 1. The lowest BCUT2D eigenvalue weighted by Gasteiger charge is -2.29. The highest BCUT2D eigenvalue weighted by Gasteiger charge is 2.28. The number of rotatable bonds is 5. The highest BCUT2D eigenvalue weighted by atomic mass is 19.2. The minimum atomic E-state index is -1.03. The standard InChI is InChI=1S/C28H24F4O2/c1-3-4-5-6-18-15-33-28(34-16-18)23-14-13-22(26(31)27(23)32)20-10-8-19(9-11-20)21-12-7-17(2)24(29)25(21)30/h7-14,18,28H,5-6,15-16H2,1-2H3. The molecule has 2 nitrogen and oxygen atoms in total. The second-order valence-corrected chi connectivity index (χ2v) is 8.30. The molecule has 1 aliphatic heterocycles. The SMILES string of the molecule is CC#CCCC1COC(c2ccc(-c3ccc(-c4ccc(C)c(F)c4F)cc3)c(F)c2F)OC1. The summed E-state index contributed by atoms with van der Waals surface area (Å²) in [7, 11) is 0. The molecule has 0 spiro atoms. The molecule has 1 heterocycles. The van der Waals surface area contributed by atoms with Gasteiger partial charge in [0.25, 0.3) is 0 Å². The third-order valence-corrected chi connectivity index (χ3v) is 5.97. The van der Waals surface area contributed by atoms with Crippen molar-refractivity contribution in [3.8, 4) is 34.1 Å². The van der Waals surface area contributed by atoms with Crippen LogP contribution in [0.5, 0.6) is 0 Å². The number of hydrogen-bond donors (Lipinski definition) is 0. The van der Waals surface area contributed by atoms with E-state index in [2.05, 4.69) is 11.8 Å². The molecule has 0 unspecified atom stereocenters. The molecule has 0 radical (unpaired) electrons. The Morgan fingerprint density at radius 3 is 1.91 bits per heavy atom. The van der Waals surface area contributed by atoms with Crippen molar-refractivity contribution < 1.29 is 27.0 Å². The first kappa shape index (κ1) is 24.0. The van der Waals surface area contributed by atoms with E-state index in [1.54, 1.807) is 31.2 Å². The fourth-order valence-corrected chi connectivity index (χ4v) is 3.96. The smallest absolute Gasteiger partial charge is 0.186 e. The molecule has 0 atom stereocenters. The van der Waals surface area contributed by atoms with Gasteiger partial charge in [0.05, 0.1) is 13.2 Å². The largest absolute Gasteiger partial charge is 0.348 e. The monoisotopic (exact) mass is 468 g/mol. The van der Waals surface area contributed by atoms with Crippen LogP contribution in [0.25, 0.3) is 22.3 Å². The maximum absolute atomic E-state index is 15.0. The van der Waals surface area contributed by atoms with Crippen molar-refractivity contribution in [3.63, 3.8) is 0 Å². The van der Waals surface area contributed by atoms with E-state index in [1.807, 2.05) is 0 Å². The second-order valence-electron chi connectivity index (χ2n) is 8.30. The molecule has 1 saturated heterocycles. The molecule has 4 rings (SSSR count). The molecule has 6 heteroatoms. The lowest BCUT2D eigenvalue weighted by molar-refractivity contribution is -0.207. The number of halogens is 4. The average molecular weight is 468 g/mol. The van der Waals surface area contributed by atoms with Gasteiger partial charge in [-0.05, 0) is 37.0 Å². The van der Waals surface area contributed by atoms with E-state index in [4.69, 9.17) is 9.47 Å². The van der Waals surface area contributed by atoms with Crippen molar-refractivity contribution in [2.24, 2.45) is 5.92 Å². The van der Waals surface area contributed by atoms with Crippen LogP contribution in [0, 0.1) is 48.0 Å². The van der Waals surface area contributed by atoms with E-state index in [1.165, 1.54) is 31.2 Å². The van der Waals surface area contributed by atoms with Gasteiger partial charge in [0, 0.05) is 29.0 Å². The fourth-order valence-electron chi connectivity index (χ4n) is 3.96. The summed E-state index contributed by atoms with van der Waals surface area (Å²) in [5, 5.41) is 0. The second kappa shape index (κ2) is 10.4. The summed E-state index contributed by atoms with van der Waals surface area (Å²) in [6, 6.07) is 12.1. The Hall–Kier alpha value is -3.14. The Morgan fingerprint density at radius 2 is 1.32 bits per heavy atom. The van der Waals surface area contributed by atoms with E-state index in [0.29, 0.717) is 24.3 Å². The van der Waals surface area contributed by atoms with E-state index < -0.39 is 29.6 Å². The minimum Gasteiger partial charge on any atom is -0.348 e. The summed E-state index contributed by atoms with van der Waals surface area (Å²) in [5.41, 5.74) is 1.20. The molecular formula is C28H24F4O2. The summed E-state index contributed by atoms with van der Waals surface area (Å²) < 4.78 is 69.4. The molecular weight excluding hydrogens is 444 g/mol. The van der Waals surface area contributed by atoms with Crippen LogP contribution in [0.1, 0.15) is 37.2 Å². The van der Waals surface area contributed by atoms with E-state index in [9.17, 15) is 17.6 Å². The Kier molecular flexibility index (Phi) is 7.35. The summed E-state index contributed by atoms with van der Waals surface area (Å²) in [6.07, 6.45) is 0.581. The van der Waals surface area contributed by atoms with Gasteiger partial charge in [-0.3, -0.25) is 0 Å².